The molecule has 35 heavy (non-hydrogen) atoms. The van der Waals surface area contributed by atoms with Crippen molar-refractivity contribution >= 4 is 21.7 Å². The van der Waals surface area contributed by atoms with Gasteiger partial charge in [0.25, 0.3) is 10.1 Å². The molecule has 4 fully saturated rings. The smallest absolute Gasteiger partial charge is 0.264 e. The molecule has 0 radical (unpaired) electrons. The Morgan fingerprint density at radius 1 is 1.31 bits per heavy atom. The van der Waals surface area contributed by atoms with Gasteiger partial charge in [-0.3, -0.25) is 13.8 Å². The molecule has 3 saturated carbocycles. The van der Waals surface area contributed by atoms with Crippen LogP contribution in [0, 0.1) is 28.6 Å². The number of hydrogen-bond donors (Lipinski definition) is 1. The predicted octanol–water partition coefficient (Wildman–Crippen LogP) is 2.70. The lowest BCUT2D eigenvalue weighted by atomic mass is 9.46. The number of carbonyl (C=O) groups excluding carboxylic acids is 2. The van der Waals surface area contributed by atoms with Crippen molar-refractivity contribution in [1.82, 2.24) is 0 Å². The summed E-state index contributed by atoms with van der Waals surface area (Å²) < 4.78 is 41.1. The van der Waals surface area contributed by atoms with Gasteiger partial charge in [-0.15, -0.1) is 0 Å². The maximum Gasteiger partial charge on any atom is 0.264 e. The molecule has 1 saturated heterocycles. The first-order valence-corrected chi connectivity index (χ1v) is 14.5. The zero-order valence-corrected chi connectivity index (χ0v) is 21.7. The van der Waals surface area contributed by atoms with E-state index in [1.165, 1.54) is 0 Å². The highest BCUT2D eigenvalue weighted by atomic mass is 32.2. The first kappa shape index (κ1) is 25.3. The summed E-state index contributed by atoms with van der Waals surface area (Å²) in [4.78, 5) is 25.8. The van der Waals surface area contributed by atoms with Crippen molar-refractivity contribution in [2.24, 2.45) is 28.6 Å². The van der Waals surface area contributed by atoms with E-state index in [-0.39, 0.29) is 23.5 Å². The van der Waals surface area contributed by atoms with Gasteiger partial charge in [-0.2, -0.15) is 8.42 Å². The number of Topliss-reactive ketones (excluding diaryl/α,β-unsaturated/α-hetero) is 1. The lowest BCUT2D eigenvalue weighted by Crippen LogP contribution is -2.63. The molecular weight excluding hydrogens is 472 g/mol. The van der Waals surface area contributed by atoms with E-state index >= 15 is 0 Å². The molecule has 0 amide bonds. The number of fused-ring (bicyclic) bond motifs is 7. The summed E-state index contributed by atoms with van der Waals surface area (Å²) in [6, 6.07) is 0. The molecule has 4 aliphatic carbocycles. The molecule has 0 spiro atoms. The van der Waals surface area contributed by atoms with Crippen LogP contribution in [-0.4, -0.2) is 62.1 Å². The van der Waals surface area contributed by atoms with E-state index in [4.69, 9.17) is 13.7 Å². The minimum Gasteiger partial charge on any atom is -0.393 e. The first-order chi connectivity index (χ1) is 16.4. The van der Waals surface area contributed by atoms with Crippen LogP contribution in [0.3, 0.4) is 0 Å². The van der Waals surface area contributed by atoms with Crippen LogP contribution < -0.4 is 0 Å². The molecule has 9 atom stereocenters. The third-order valence-electron chi connectivity index (χ3n) is 9.63. The Kier molecular flexibility index (Phi) is 6.00. The molecule has 1 N–H and O–H groups in total. The number of aliphatic hydroxyl groups excluding tert-OH is 1. The third-order valence-corrected chi connectivity index (χ3v) is 10.2. The van der Waals surface area contributed by atoms with E-state index in [0.29, 0.717) is 19.3 Å². The topological polar surface area (TPSA) is 116 Å². The number of aliphatic hydroxyl groups is 1. The van der Waals surface area contributed by atoms with Gasteiger partial charge in [-0.1, -0.05) is 38.8 Å². The van der Waals surface area contributed by atoms with Crippen molar-refractivity contribution in [3.05, 3.63) is 23.8 Å². The average molecular weight is 509 g/mol. The summed E-state index contributed by atoms with van der Waals surface area (Å²) in [5, 5.41) is 11.7. The molecule has 5 rings (SSSR count). The van der Waals surface area contributed by atoms with Gasteiger partial charge in [-0.25, -0.2) is 0 Å². The van der Waals surface area contributed by atoms with E-state index < -0.39 is 57.4 Å². The van der Waals surface area contributed by atoms with Gasteiger partial charge < -0.3 is 14.6 Å². The average Bonchev–Trinajstić information content (AvgIpc) is 3.24. The summed E-state index contributed by atoms with van der Waals surface area (Å²) in [6.45, 7) is 5.50. The summed E-state index contributed by atoms with van der Waals surface area (Å²) in [6.07, 6.45) is 8.33. The summed E-state index contributed by atoms with van der Waals surface area (Å²) >= 11 is 0. The zero-order chi connectivity index (χ0) is 25.4. The van der Waals surface area contributed by atoms with Gasteiger partial charge in [0, 0.05) is 16.7 Å². The highest BCUT2D eigenvalue weighted by Crippen LogP contribution is 2.69. The number of ketones is 2. The third kappa shape index (κ3) is 3.64. The highest BCUT2D eigenvalue weighted by Gasteiger charge is 2.75. The summed E-state index contributed by atoms with van der Waals surface area (Å²) in [5.74, 6) is -0.398. The van der Waals surface area contributed by atoms with Gasteiger partial charge in [0.1, 0.15) is 6.61 Å². The van der Waals surface area contributed by atoms with Crippen LogP contribution in [0.5, 0.6) is 0 Å². The van der Waals surface area contributed by atoms with E-state index in [1.54, 1.807) is 12.2 Å². The number of rotatable bonds is 6. The second-order valence-electron chi connectivity index (χ2n) is 11.5. The molecule has 1 aliphatic heterocycles. The van der Waals surface area contributed by atoms with E-state index in [1.807, 2.05) is 19.9 Å². The van der Waals surface area contributed by atoms with Crippen molar-refractivity contribution in [1.29, 1.82) is 0 Å². The molecule has 5 aliphatic rings. The minimum atomic E-state index is -3.82. The van der Waals surface area contributed by atoms with Crippen LogP contribution in [0.2, 0.25) is 0 Å². The van der Waals surface area contributed by atoms with Crippen molar-refractivity contribution in [2.45, 2.75) is 83.4 Å². The monoisotopic (exact) mass is 508 g/mol. The Hall–Kier alpha value is -1.39. The standard InChI is InChI=1S/C26H36O8S/c1-5-6-22-33-21-12-18-17-8-7-15-11-16(27)9-10-24(15,2)23(17)19(28)13-25(18,3)26(21,34-22)20(29)14-32-35(4,30)31/h9-11,17-19,21-23,28H,5-8,12-14H2,1-4H3. The summed E-state index contributed by atoms with van der Waals surface area (Å²) in [5.41, 5.74) is -1.47. The Morgan fingerprint density at radius 3 is 2.74 bits per heavy atom. The molecule has 0 aromatic carbocycles. The quantitative estimate of drug-likeness (QED) is 0.545. The van der Waals surface area contributed by atoms with E-state index in [2.05, 4.69) is 6.92 Å². The maximum atomic E-state index is 13.8. The zero-order valence-electron chi connectivity index (χ0n) is 20.9. The van der Waals surface area contributed by atoms with Gasteiger partial charge in [-0.05, 0) is 56.1 Å². The van der Waals surface area contributed by atoms with Gasteiger partial charge in [0.15, 0.2) is 23.5 Å². The molecule has 0 aromatic rings. The van der Waals surface area contributed by atoms with Gasteiger partial charge in [0.2, 0.25) is 0 Å². The summed E-state index contributed by atoms with van der Waals surface area (Å²) in [7, 11) is -3.82. The van der Waals surface area contributed by atoms with Crippen molar-refractivity contribution in [2.75, 3.05) is 12.9 Å². The Labute approximate surface area is 207 Å². The van der Waals surface area contributed by atoms with Crippen molar-refractivity contribution < 1.29 is 36.8 Å². The highest BCUT2D eigenvalue weighted by molar-refractivity contribution is 7.86. The number of ether oxygens (including phenoxy) is 2. The Bertz CT molecular complexity index is 1090. The van der Waals surface area contributed by atoms with Gasteiger partial charge >= 0.3 is 0 Å². The first-order valence-electron chi connectivity index (χ1n) is 12.7. The molecule has 8 nitrogen and oxygen atoms in total. The van der Waals surface area contributed by atoms with Crippen molar-refractivity contribution in [3.63, 3.8) is 0 Å². The molecule has 9 heteroatoms. The number of hydrogen-bond acceptors (Lipinski definition) is 8. The van der Waals surface area contributed by atoms with Crippen LogP contribution in [0.1, 0.15) is 59.3 Å². The fraction of sp³-hybridized carbons (Fsp3) is 0.769. The molecule has 9 unspecified atom stereocenters. The van der Waals surface area contributed by atoms with E-state index in [0.717, 1.165) is 31.1 Å². The lowest BCUT2D eigenvalue weighted by Gasteiger charge is -2.59. The number of allylic oxidation sites excluding steroid dienone is 4. The minimum absolute atomic E-state index is 0.0133. The van der Waals surface area contributed by atoms with Crippen LogP contribution in [0.4, 0.5) is 0 Å². The largest absolute Gasteiger partial charge is 0.393 e. The van der Waals surface area contributed by atoms with Crippen LogP contribution in [-0.2, 0) is 33.4 Å². The lowest BCUT2D eigenvalue weighted by molar-refractivity contribution is -0.200. The molecular formula is C26H36O8S. The van der Waals surface area contributed by atoms with Gasteiger partial charge in [0.05, 0.1) is 18.5 Å². The van der Waals surface area contributed by atoms with Crippen molar-refractivity contribution in [3.8, 4) is 0 Å². The second kappa shape index (κ2) is 8.31. The second-order valence-corrected chi connectivity index (χ2v) is 13.2. The molecule has 194 valence electrons. The molecule has 0 bridgehead atoms. The van der Waals surface area contributed by atoms with Crippen LogP contribution in [0.15, 0.2) is 23.8 Å². The number of carbonyl (C=O) groups is 2. The predicted molar refractivity (Wildman–Crippen MR) is 127 cm³/mol. The maximum absolute atomic E-state index is 13.8. The van der Waals surface area contributed by atoms with Crippen LogP contribution >= 0.6 is 0 Å². The Morgan fingerprint density at radius 2 is 2.06 bits per heavy atom. The fourth-order valence-corrected chi connectivity index (χ4v) is 8.59. The van der Waals surface area contributed by atoms with E-state index in [9.17, 15) is 23.1 Å². The normalized spacial score (nSPS) is 46.4. The Balaban J connectivity index is 1.53. The fourth-order valence-electron chi connectivity index (χ4n) is 8.27. The molecule has 1 heterocycles. The molecule has 0 aromatic heterocycles. The SMILES string of the molecule is CCCC1OC2CC3C4CCC5=CC(=O)C=CC5(C)C4C(O)CC3(C)C2(C(=O)COS(C)(=O)=O)O1. The van der Waals surface area contributed by atoms with Crippen LogP contribution in [0.25, 0.3) is 0 Å².